The van der Waals surface area contributed by atoms with Crippen molar-refractivity contribution in [1.29, 1.82) is 0 Å². The minimum absolute atomic E-state index is 0.0533. The van der Waals surface area contributed by atoms with Crippen LogP contribution in [0.5, 0.6) is 0 Å². The molecular formula is C17H19ClN4O5. The number of nitro benzene ring substituents is 1. The normalized spacial score (nSPS) is 18.9. The summed E-state index contributed by atoms with van der Waals surface area (Å²) >= 11 is 5.74. The van der Waals surface area contributed by atoms with E-state index in [1.165, 1.54) is 12.1 Å². The Hall–Kier alpha value is -2.68. The van der Waals surface area contributed by atoms with E-state index in [1.54, 1.807) is 0 Å². The molecule has 10 heteroatoms. The number of amides is 4. The number of hydrogen-bond acceptors (Lipinski definition) is 5. The van der Waals surface area contributed by atoms with Gasteiger partial charge >= 0.3 is 6.03 Å². The molecular weight excluding hydrogens is 376 g/mol. The lowest BCUT2D eigenvalue weighted by atomic mass is 9.90. The molecule has 0 radical (unpaired) electrons. The molecule has 4 amide bonds. The highest BCUT2D eigenvalue weighted by molar-refractivity contribution is 6.32. The molecule has 1 aliphatic heterocycles. The summed E-state index contributed by atoms with van der Waals surface area (Å²) in [6.45, 7) is -0.456. The lowest BCUT2D eigenvalue weighted by molar-refractivity contribution is -0.384. The SMILES string of the molecule is O=C(CN1C(=O)NC2(CCCCCC2)C1=O)Nc1ccc(Cl)c([N+](=O)[O-])c1. The molecule has 2 fully saturated rings. The summed E-state index contributed by atoms with van der Waals surface area (Å²) in [5, 5.41) is 16.1. The number of urea groups is 1. The fourth-order valence-electron chi connectivity index (χ4n) is 3.57. The van der Waals surface area contributed by atoms with Gasteiger partial charge in [0.25, 0.3) is 11.6 Å². The summed E-state index contributed by atoms with van der Waals surface area (Å²) in [4.78, 5) is 48.5. The number of hydrogen-bond donors (Lipinski definition) is 2. The van der Waals surface area contributed by atoms with Crippen LogP contribution in [0.3, 0.4) is 0 Å². The summed E-state index contributed by atoms with van der Waals surface area (Å²) in [5.41, 5.74) is -1.10. The Bertz CT molecular complexity index is 805. The van der Waals surface area contributed by atoms with Gasteiger partial charge in [0.15, 0.2) is 0 Å². The van der Waals surface area contributed by atoms with Crippen molar-refractivity contribution < 1.29 is 19.3 Å². The Balaban J connectivity index is 1.69. The van der Waals surface area contributed by atoms with E-state index in [0.717, 1.165) is 36.6 Å². The molecule has 27 heavy (non-hydrogen) atoms. The van der Waals surface area contributed by atoms with Crippen LogP contribution in [0.2, 0.25) is 5.02 Å². The number of carbonyl (C=O) groups excluding carboxylic acids is 3. The maximum absolute atomic E-state index is 12.8. The summed E-state index contributed by atoms with van der Waals surface area (Å²) < 4.78 is 0. The van der Waals surface area contributed by atoms with E-state index in [1.807, 2.05) is 0 Å². The minimum Gasteiger partial charge on any atom is -0.324 e. The number of benzene rings is 1. The molecule has 1 aromatic carbocycles. The van der Waals surface area contributed by atoms with Crippen LogP contribution in [-0.2, 0) is 9.59 Å². The molecule has 0 unspecified atom stereocenters. The van der Waals surface area contributed by atoms with Crippen molar-refractivity contribution in [2.75, 3.05) is 11.9 Å². The number of anilines is 1. The number of imide groups is 1. The second-order valence-electron chi connectivity index (χ2n) is 6.79. The van der Waals surface area contributed by atoms with Crippen LogP contribution in [0.25, 0.3) is 0 Å². The Kier molecular flexibility index (Phi) is 5.31. The predicted octanol–water partition coefficient (Wildman–Crippen LogP) is 2.83. The van der Waals surface area contributed by atoms with Gasteiger partial charge in [0, 0.05) is 11.8 Å². The van der Waals surface area contributed by atoms with E-state index < -0.39 is 28.9 Å². The third-order valence-corrected chi connectivity index (χ3v) is 5.25. The lowest BCUT2D eigenvalue weighted by Crippen LogP contribution is -2.47. The second-order valence-corrected chi connectivity index (χ2v) is 7.20. The average molecular weight is 395 g/mol. The van der Waals surface area contributed by atoms with Crippen molar-refractivity contribution in [3.8, 4) is 0 Å². The highest BCUT2D eigenvalue weighted by Gasteiger charge is 2.51. The number of nitro groups is 1. The van der Waals surface area contributed by atoms with Crippen molar-refractivity contribution in [3.63, 3.8) is 0 Å². The lowest BCUT2D eigenvalue weighted by Gasteiger charge is -2.24. The van der Waals surface area contributed by atoms with Gasteiger partial charge in [-0.15, -0.1) is 0 Å². The maximum Gasteiger partial charge on any atom is 0.325 e. The highest BCUT2D eigenvalue weighted by Crippen LogP contribution is 2.33. The van der Waals surface area contributed by atoms with Gasteiger partial charge < -0.3 is 10.6 Å². The van der Waals surface area contributed by atoms with Gasteiger partial charge in [0.2, 0.25) is 5.91 Å². The van der Waals surface area contributed by atoms with Crippen molar-refractivity contribution in [1.82, 2.24) is 10.2 Å². The molecule has 2 aliphatic rings. The highest BCUT2D eigenvalue weighted by atomic mass is 35.5. The number of halogens is 1. The molecule has 9 nitrogen and oxygen atoms in total. The quantitative estimate of drug-likeness (QED) is 0.462. The van der Waals surface area contributed by atoms with Crippen molar-refractivity contribution in [3.05, 3.63) is 33.3 Å². The number of carbonyl (C=O) groups is 3. The van der Waals surface area contributed by atoms with Gasteiger partial charge in [0.05, 0.1) is 4.92 Å². The number of nitrogens with one attached hydrogen (secondary N) is 2. The zero-order chi connectivity index (χ0) is 19.6. The van der Waals surface area contributed by atoms with E-state index in [0.29, 0.717) is 12.8 Å². The molecule has 1 heterocycles. The van der Waals surface area contributed by atoms with Gasteiger partial charge in [-0.3, -0.25) is 24.6 Å². The zero-order valence-corrected chi connectivity index (χ0v) is 15.3. The predicted molar refractivity (Wildman–Crippen MR) is 97.4 cm³/mol. The molecule has 0 bridgehead atoms. The van der Waals surface area contributed by atoms with Crippen LogP contribution in [0.1, 0.15) is 38.5 Å². The van der Waals surface area contributed by atoms with Crippen LogP contribution < -0.4 is 10.6 Å². The minimum atomic E-state index is -0.910. The molecule has 1 aromatic rings. The van der Waals surface area contributed by atoms with Crippen LogP contribution >= 0.6 is 11.6 Å². The summed E-state index contributed by atoms with van der Waals surface area (Å²) in [5.74, 6) is -1.01. The van der Waals surface area contributed by atoms with Crippen LogP contribution in [0, 0.1) is 10.1 Å². The fraction of sp³-hybridized carbons (Fsp3) is 0.471. The van der Waals surface area contributed by atoms with Crippen LogP contribution in [-0.4, -0.2) is 39.8 Å². The second kappa shape index (κ2) is 7.51. The molecule has 1 saturated heterocycles. The molecule has 144 valence electrons. The monoisotopic (exact) mass is 394 g/mol. The van der Waals surface area contributed by atoms with E-state index in [-0.39, 0.29) is 22.3 Å². The molecule has 1 spiro atoms. The van der Waals surface area contributed by atoms with Gasteiger partial charge in [-0.05, 0) is 25.0 Å². The first-order valence-corrected chi connectivity index (χ1v) is 9.08. The fourth-order valence-corrected chi connectivity index (χ4v) is 3.75. The van der Waals surface area contributed by atoms with E-state index in [2.05, 4.69) is 10.6 Å². The molecule has 1 aliphatic carbocycles. The first-order chi connectivity index (χ1) is 12.8. The maximum atomic E-state index is 12.8. The van der Waals surface area contributed by atoms with E-state index >= 15 is 0 Å². The average Bonchev–Trinajstić information content (AvgIpc) is 2.79. The topological polar surface area (TPSA) is 122 Å². The van der Waals surface area contributed by atoms with E-state index in [4.69, 9.17) is 11.6 Å². The van der Waals surface area contributed by atoms with Crippen molar-refractivity contribution in [2.45, 2.75) is 44.1 Å². The molecule has 0 aromatic heterocycles. The number of nitrogens with zero attached hydrogens (tertiary/aromatic N) is 2. The van der Waals surface area contributed by atoms with Gasteiger partial charge in [-0.2, -0.15) is 0 Å². The largest absolute Gasteiger partial charge is 0.325 e. The van der Waals surface area contributed by atoms with Crippen molar-refractivity contribution in [2.24, 2.45) is 0 Å². The smallest absolute Gasteiger partial charge is 0.324 e. The Labute approximate surface area is 160 Å². The number of rotatable bonds is 4. The van der Waals surface area contributed by atoms with Crippen LogP contribution in [0.15, 0.2) is 18.2 Å². The Morgan fingerprint density at radius 3 is 2.56 bits per heavy atom. The first-order valence-electron chi connectivity index (χ1n) is 8.70. The van der Waals surface area contributed by atoms with Gasteiger partial charge in [0.1, 0.15) is 17.1 Å². The first kappa shape index (κ1) is 19.1. The molecule has 0 atom stereocenters. The van der Waals surface area contributed by atoms with E-state index in [9.17, 15) is 24.5 Å². The molecule has 1 saturated carbocycles. The summed E-state index contributed by atoms with van der Waals surface area (Å²) in [7, 11) is 0. The van der Waals surface area contributed by atoms with Gasteiger partial charge in [-0.25, -0.2) is 4.79 Å². The zero-order valence-electron chi connectivity index (χ0n) is 14.5. The summed E-state index contributed by atoms with van der Waals surface area (Å²) in [6, 6.07) is 3.24. The third-order valence-electron chi connectivity index (χ3n) is 4.93. The molecule has 2 N–H and O–H groups in total. The Morgan fingerprint density at radius 1 is 1.26 bits per heavy atom. The standard InChI is InChI=1S/C17H19ClN4O5/c18-12-6-5-11(9-13(12)22(26)27)19-14(23)10-21-15(24)17(20-16(21)25)7-3-1-2-4-8-17/h5-6,9H,1-4,7-8,10H2,(H,19,23)(H,20,25). The molecule has 3 rings (SSSR count). The van der Waals surface area contributed by atoms with Crippen LogP contribution in [0.4, 0.5) is 16.2 Å². The Morgan fingerprint density at radius 2 is 1.93 bits per heavy atom. The summed E-state index contributed by atoms with van der Waals surface area (Å²) in [6.07, 6.45) is 4.86. The van der Waals surface area contributed by atoms with Crippen molar-refractivity contribution >= 4 is 40.8 Å². The van der Waals surface area contributed by atoms with Gasteiger partial charge in [-0.1, -0.05) is 37.3 Å². The third kappa shape index (κ3) is 3.87.